The van der Waals surface area contributed by atoms with Crippen molar-refractivity contribution in [2.45, 2.75) is 33.7 Å². The molecule has 1 aliphatic heterocycles. The molecule has 0 amide bonds. The van der Waals surface area contributed by atoms with Gasteiger partial charge >= 0.3 is 0 Å². The normalized spacial score (nSPS) is 15.2. The lowest BCUT2D eigenvalue weighted by molar-refractivity contribution is 0.224. The fourth-order valence-electron chi connectivity index (χ4n) is 3.39. The summed E-state index contributed by atoms with van der Waals surface area (Å²) in [5, 5.41) is 0. The number of rotatable bonds is 5. The summed E-state index contributed by atoms with van der Waals surface area (Å²) in [4.78, 5) is 22.9. The maximum absolute atomic E-state index is 5.73. The molecule has 28 heavy (non-hydrogen) atoms. The lowest BCUT2D eigenvalue weighted by atomic mass is 10.2. The topological polar surface area (TPSA) is 71.2 Å². The van der Waals surface area contributed by atoms with Crippen molar-refractivity contribution in [3.8, 4) is 11.4 Å². The first-order valence-corrected chi connectivity index (χ1v) is 9.81. The molecule has 146 valence electrons. The maximum atomic E-state index is 5.73. The average Bonchev–Trinajstić information content (AvgIpc) is 3.05. The number of hydrogen-bond acceptors (Lipinski definition) is 7. The summed E-state index contributed by atoms with van der Waals surface area (Å²) in [7, 11) is 0. The summed E-state index contributed by atoms with van der Waals surface area (Å²) in [5.41, 5.74) is 3.04. The van der Waals surface area contributed by atoms with Gasteiger partial charge in [-0.2, -0.15) is 0 Å². The fraction of sp³-hybridized carbons (Fsp3) is 0.429. The van der Waals surface area contributed by atoms with Crippen molar-refractivity contribution < 1.29 is 4.42 Å². The van der Waals surface area contributed by atoms with E-state index in [2.05, 4.69) is 32.8 Å². The van der Waals surface area contributed by atoms with Crippen molar-refractivity contribution >= 4 is 5.82 Å². The van der Waals surface area contributed by atoms with Gasteiger partial charge in [0, 0.05) is 55.9 Å². The highest BCUT2D eigenvalue weighted by molar-refractivity contribution is 5.57. The van der Waals surface area contributed by atoms with E-state index in [9.17, 15) is 0 Å². The zero-order valence-corrected chi connectivity index (χ0v) is 16.7. The van der Waals surface area contributed by atoms with Crippen LogP contribution in [0.3, 0.4) is 0 Å². The van der Waals surface area contributed by atoms with E-state index in [1.807, 2.05) is 26.0 Å². The quantitative estimate of drug-likeness (QED) is 0.676. The Kier molecular flexibility index (Phi) is 5.34. The van der Waals surface area contributed by atoms with Gasteiger partial charge in [-0.15, -0.1) is 0 Å². The van der Waals surface area contributed by atoms with E-state index in [4.69, 9.17) is 14.4 Å². The van der Waals surface area contributed by atoms with Crippen LogP contribution in [0.1, 0.15) is 30.0 Å². The molecule has 0 N–H and O–H groups in total. The zero-order valence-electron chi connectivity index (χ0n) is 16.7. The van der Waals surface area contributed by atoms with Crippen LogP contribution in [0.2, 0.25) is 0 Å². The van der Waals surface area contributed by atoms with Crippen LogP contribution in [-0.4, -0.2) is 51.0 Å². The molecular weight excluding hydrogens is 352 g/mol. The van der Waals surface area contributed by atoms with E-state index < -0.39 is 0 Å². The number of nitrogens with zero attached hydrogens (tertiary/aromatic N) is 6. The molecule has 1 fully saturated rings. The minimum absolute atomic E-state index is 0.759. The number of hydrogen-bond donors (Lipinski definition) is 0. The van der Waals surface area contributed by atoms with E-state index >= 15 is 0 Å². The molecule has 0 unspecified atom stereocenters. The summed E-state index contributed by atoms with van der Waals surface area (Å²) in [6.45, 7) is 10.6. The molecule has 1 aliphatic rings. The van der Waals surface area contributed by atoms with E-state index in [-0.39, 0.29) is 0 Å². The van der Waals surface area contributed by atoms with Crippen molar-refractivity contribution in [1.82, 2.24) is 24.8 Å². The second-order valence-electron chi connectivity index (χ2n) is 7.14. The Bertz CT molecular complexity index is 912. The predicted octanol–water partition coefficient (Wildman–Crippen LogP) is 3.03. The molecule has 7 heteroatoms. The Balaban J connectivity index is 1.46. The third-order valence-corrected chi connectivity index (χ3v) is 5.19. The van der Waals surface area contributed by atoms with Gasteiger partial charge in [0.05, 0.1) is 12.2 Å². The Morgan fingerprint density at radius 3 is 2.39 bits per heavy atom. The predicted molar refractivity (Wildman–Crippen MR) is 108 cm³/mol. The third-order valence-electron chi connectivity index (χ3n) is 5.19. The Morgan fingerprint density at radius 1 is 1.00 bits per heavy atom. The summed E-state index contributed by atoms with van der Waals surface area (Å²) >= 11 is 0. The maximum Gasteiger partial charge on any atom is 0.208 e. The highest BCUT2D eigenvalue weighted by Crippen LogP contribution is 2.22. The second kappa shape index (κ2) is 8.06. The molecular formula is C21H26N6O. The lowest BCUT2D eigenvalue weighted by Gasteiger charge is -2.35. The van der Waals surface area contributed by atoms with Gasteiger partial charge in [0.1, 0.15) is 11.6 Å². The van der Waals surface area contributed by atoms with Gasteiger partial charge in [0.2, 0.25) is 5.89 Å². The smallest absolute Gasteiger partial charge is 0.208 e. The van der Waals surface area contributed by atoms with Crippen LogP contribution >= 0.6 is 0 Å². The van der Waals surface area contributed by atoms with E-state index in [1.165, 1.54) is 0 Å². The van der Waals surface area contributed by atoms with Gasteiger partial charge in [-0.1, -0.05) is 6.92 Å². The van der Waals surface area contributed by atoms with E-state index in [0.29, 0.717) is 0 Å². The highest BCUT2D eigenvalue weighted by Gasteiger charge is 2.21. The number of aryl methyl sites for hydroxylation is 3. The van der Waals surface area contributed by atoms with Crippen molar-refractivity contribution in [3.63, 3.8) is 0 Å². The summed E-state index contributed by atoms with van der Waals surface area (Å²) < 4.78 is 5.73. The first-order valence-electron chi connectivity index (χ1n) is 9.81. The fourth-order valence-corrected chi connectivity index (χ4v) is 3.39. The van der Waals surface area contributed by atoms with Gasteiger partial charge in [0.25, 0.3) is 0 Å². The second-order valence-corrected chi connectivity index (χ2v) is 7.14. The monoisotopic (exact) mass is 378 g/mol. The molecule has 4 rings (SSSR count). The molecule has 0 radical (unpaired) electrons. The van der Waals surface area contributed by atoms with Crippen molar-refractivity contribution in [2.75, 3.05) is 31.1 Å². The Morgan fingerprint density at radius 2 is 1.75 bits per heavy atom. The highest BCUT2D eigenvalue weighted by atomic mass is 16.4. The standard InChI is InChI=1S/C21H26N6O/c1-4-18-13-19(25-21(24-18)17-5-7-22-8-6-17)27-11-9-26(10-12-27)14-20-23-15(2)16(3)28-20/h5-8,13H,4,9-12,14H2,1-3H3. The number of anilines is 1. The molecule has 0 atom stereocenters. The molecule has 3 aromatic heterocycles. The minimum atomic E-state index is 0.759. The van der Waals surface area contributed by atoms with Gasteiger partial charge < -0.3 is 9.32 Å². The summed E-state index contributed by atoms with van der Waals surface area (Å²) in [5.74, 6) is 3.48. The molecule has 0 aromatic carbocycles. The molecule has 7 nitrogen and oxygen atoms in total. The minimum Gasteiger partial charge on any atom is -0.444 e. The first-order chi connectivity index (χ1) is 13.6. The van der Waals surface area contributed by atoms with Crippen molar-refractivity contribution in [2.24, 2.45) is 0 Å². The lowest BCUT2D eigenvalue weighted by Crippen LogP contribution is -2.46. The van der Waals surface area contributed by atoms with E-state index in [1.54, 1.807) is 12.4 Å². The first kappa shape index (κ1) is 18.6. The SMILES string of the molecule is CCc1cc(N2CCN(Cc3nc(C)c(C)o3)CC2)nc(-c2ccncc2)n1. The van der Waals surface area contributed by atoms with Crippen LogP contribution in [0.5, 0.6) is 0 Å². The van der Waals surface area contributed by atoms with Gasteiger partial charge in [0.15, 0.2) is 5.82 Å². The zero-order chi connectivity index (χ0) is 19.5. The van der Waals surface area contributed by atoms with E-state index in [0.717, 1.165) is 79.4 Å². The average molecular weight is 378 g/mol. The summed E-state index contributed by atoms with van der Waals surface area (Å²) in [6.07, 6.45) is 4.44. The van der Waals surface area contributed by atoms with Crippen molar-refractivity contribution in [3.05, 3.63) is 53.6 Å². The molecule has 0 aliphatic carbocycles. The van der Waals surface area contributed by atoms with Crippen LogP contribution in [0.15, 0.2) is 35.0 Å². The van der Waals surface area contributed by atoms with Gasteiger partial charge in [-0.05, 0) is 32.4 Å². The largest absolute Gasteiger partial charge is 0.444 e. The molecule has 3 aromatic rings. The van der Waals surface area contributed by atoms with Crippen LogP contribution in [-0.2, 0) is 13.0 Å². The van der Waals surface area contributed by atoms with Crippen LogP contribution in [0.4, 0.5) is 5.82 Å². The van der Waals surface area contributed by atoms with Crippen LogP contribution in [0.25, 0.3) is 11.4 Å². The Hall–Kier alpha value is -2.80. The van der Waals surface area contributed by atoms with Crippen molar-refractivity contribution in [1.29, 1.82) is 0 Å². The number of oxazole rings is 1. The molecule has 0 saturated carbocycles. The van der Waals surface area contributed by atoms with Gasteiger partial charge in [-0.25, -0.2) is 15.0 Å². The van der Waals surface area contributed by atoms with Crippen LogP contribution < -0.4 is 4.90 Å². The Labute approximate surface area is 165 Å². The third kappa shape index (κ3) is 4.04. The van der Waals surface area contributed by atoms with Crippen LogP contribution in [0, 0.1) is 13.8 Å². The number of pyridine rings is 1. The molecule has 0 bridgehead atoms. The van der Waals surface area contributed by atoms with Gasteiger partial charge in [-0.3, -0.25) is 9.88 Å². The molecule has 0 spiro atoms. The molecule has 1 saturated heterocycles. The number of aromatic nitrogens is 4. The number of piperazine rings is 1. The summed E-state index contributed by atoms with van der Waals surface area (Å²) in [6, 6.07) is 6.02. The molecule has 4 heterocycles.